The summed E-state index contributed by atoms with van der Waals surface area (Å²) < 4.78 is 11.0. The molecule has 0 aromatic rings. The quantitative estimate of drug-likeness (QED) is 0.288. The zero-order chi connectivity index (χ0) is 12.0. The molecule has 0 heterocycles. The Morgan fingerprint density at radius 3 is 2.43 bits per heavy atom. The number of hydrogen-bond donors (Lipinski definition) is 5. The van der Waals surface area contributed by atoms with E-state index >= 15 is 0 Å². The van der Waals surface area contributed by atoms with Gasteiger partial charge in [0.25, 0.3) is 0 Å². The maximum atomic E-state index is 11.0. The van der Waals surface area contributed by atoms with Gasteiger partial charge in [0.05, 0.1) is 13.7 Å². The van der Waals surface area contributed by atoms with Crippen LogP contribution in [0.3, 0.4) is 0 Å². The molecular formula is C7H15NO6. The third-order valence-electron chi connectivity index (χ3n) is 1.73. The van der Waals surface area contributed by atoms with Crippen LogP contribution in [-0.4, -0.2) is 64.5 Å². The number of methoxy groups -OCH3 is 1. The van der Waals surface area contributed by atoms with E-state index in [1.807, 2.05) is 0 Å². The van der Waals surface area contributed by atoms with Crippen LogP contribution in [0.25, 0.3) is 0 Å². The fraction of sp³-hybridized carbons (Fsp3) is 0.857. The van der Waals surface area contributed by atoms with Crippen molar-refractivity contribution in [3.8, 4) is 0 Å². The van der Waals surface area contributed by atoms with Gasteiger partial charge < -0.3 is 30.9 Å². The Bertz CT molecular complexity index is 204. The molecule has 84 valence electrons. The Morgan fingerprint density at radius 2 is 2.07 bits per heavy atom. The zero-order valence-corrected chi connectivity index (χ0v) is 7.62. The number of rotatable bonds is 6. The second kappa shape index (κ2) is 5.89. The van der Waals surface area contributed by atoms with Crippen LogP contribution in [-0.2, 0) is 9.53 Å². The molecule has 0 radical (unpaired) electrons. The van der Waals surface area contributed by atoms with Gasteiger partial charge in [-0.1, -0.05) is 0 Å². The topological polar surface area (TPSA) is 133 Å². The molecule has 14 heavy (non-hydrogen) atoms. The Kier molecular flexibility index (Phi) is 4.77. The summed E-state index contributed by atoms with van der Waals surface area (Å²) in [6, 6.07) is -1.49. The molecule has 0 aliphatic carbocycles. The first-order valence-electron chi connectivity index (χ1n) is 4.39. The third-order valence-corrected chi connectivity index (χ3v) is 1.73. The number of aliphatic hydroxyl groups is 4. The van der Waals surface area contributed by atoms with Crippen LogP contribution < -0.4 is 5.73 Å². The van der Waals surface area contributed by atoms with E-state index in [-0.39, 0.29) is 0 Å². The van der Waals surface area contributed by atoms with Crippen LogP contribution in [0.15, 0.2) is 0 Å². The maximum Gasteiger partial charge on any atom is 0.325 e. The molecule has 7 nitrogen and oxygen atoms in total. The van der Waals surface area contributed by atoms with Gasteiger partial charge in [0.2, 0.25) is 0 Å². The predicted molar refractivity (Wildman–Crippen MR) is 45.1 cm³/mol. The number of aliphatic hydroxyl groups excluding tert-OH is 4. The van der Waals surface area contributed by atoms with E-state index in [0.29, 0.717) is 0 Å². The Labute approximate surface area is 82.2 Å². The summed E-state index contributed by atoms with van der Waals surface area (Å²) in [7, 11) is 1.05. The minimum Gasteiger partial charge on any atom is -0.468 e. The van der Waals surface area contributed by atoms with Gasteiger partial charge in [0.15, 0.2) is 0 Å². The molecular weight excluding hydrogens is 194 g/mol. The van der Waals surface area contributed by atoms with Crippen molar-refractivity contribution < 1.29 is 31.4 Å². The first kappa shape index (κ1) is 11.3. The lowest BCUT2D eigenvalue weighted by Gasteiger charge is -2.24. The minimum atomic E-state index is -1.75. The smallest absolute Gasteiger partial charge is 0.325 e. The van der Waals surface area contributed by atoms with Crippen molar-refractivity contribution in [3.05, 3.63) is 0 Å². The van der Waals surface area contributed by atoms with Gasteiger partial charge in [-0.2, -0.15) is 0 Å². The standard InChI is InChI=1S/C7H15NO6/c1-14-7(13)4(8)6(12)5(11)3(10)2-9/h3-6,9-12H,2,8H2,1H3/t3-,4+,5-,6-/m1/s1/i/hD. The zero-order valence-electron chi connectivity index (χ0n) is 8.62. The van der Waals surface area contributed by atoms with E-state index in [1.165, 1.54) is 0 Å². The van der Waals surface area contributed by atoms with Gasteiger partial charge in [-0.15, -0.1) is 0 Å². The lowest BCUT2D eigenvalue weighted by molar-refractivity contribution is -0.150. The lowest BCUT2D eigenvalue weighted by Crippen LogP contribution is -2.53. The summed E-state index contributed by atoms with van der Waals surface area (Å²) in [6.07, 6.45) is -5.10. The minimum absolute atomic E-state index is 0.774. The largest absolute Gasteiger partial charge is 0.468 e. The van der Waals surface area contributed by atoms with Crippen LogP contribution in [0.2, 0.25) is 1.41 Å². The molecule has 0 unspecified atom stereocenters. The summed E-state index contributed by atoms with van der Waals surface area (Å²) in [5, 5.41) is 36.1. The average molecular weight is 210 g/mol. The summed E-state index contributed by atoms with van der Waals surface area (Å²) >= 11 is 0. The van der Waals surface area contributed by atoms with Crippen LogP contribution in [0.4, 0.5) is 0 Å². The number of ether oxygens (including phenoxy) is 1. The molecule has 0 aliphatic rings. The molecule has 6 N–H and O–H groups in total. The van der Waals surface area contributed by atoms with Gasteiger partial charge in [0, 0.05) is 0 Å². The number of esters is 1. The highest BCUT2D eigenvalue weighted by Crippen LogP contribution is 2.04. The summed E-state index contributed by atoms with van der Waals surface area (Å²) in [6.45, 7) is -0.774. The van der Waals surface area contributed by atoms with Gasteiger partial charge in [-0.25, -0.2) is 0 Å². The summed E-state index contributed by atoms with van der Waals surface area (Å²) in [5.41, 5.74) is 1.69. The van der Waals surface area contributed by atoms with Gasteiger partial charge in [-0.05, 0) is 0 Å². The molecule has 0 bridgehead atoms. The molecule has 0 fully saturated rings. The van der Waals surface area contributed by atoms with Gasteiger partial charge in [0.1, 0.15) is 25.8 Å². The van der Waals surface area contributed by atoms with Crippen LogP contribution in [0.1, 0.15) is 0 Å². The normalized spacial score (nSPS) is 20.5. The fourth-order valence-electron chi connectivity index (χ4n) is 0.799. The monoisotopic (exact) mass is 210 g/mol. The van der Waals surface area contributed by atoms with Crippen LogP contribution >= 0.6 is 0 Å². The number of hydrogen-bond acceptors (Lipinski definition) is 7. The number of carbonyl (C=O) groups excluding carboxylic acids is 1. The lowest BCUT2D eigenvalue weighted by atomic mass is 10.0. The van der Waals surface area contributed by atoms with Crippen molar-refractivity contribution in [3.63, 3.8) is 0 Å². The molecule has 0 saturated carbocycles. The molecule has 0 spiro atoms. The van der Waals surface area contributed by atoms with Crippen molar-refractivity contribution in [2.75, 3.05) is 13.7 Å². The molecule has 0 aromatic carbocycles. The summed E-state index contributed by atoms with van der Waals surface area (Å²) in [4.78, 5) is 11.0. The Hall–Kier alpha value is -0.730. The van der Waals surface area contributed by atoms with E-state index in [1.54, 1.807) is 5.73 Å². The number of carbonyl (C=O) groups is 1. The van der Waals surface area contributed by atoms with Crippen LogP contribution in [0.5, 0.6) is 0 Å². The molecule has 7 heteroatoms. The molecule has 0 saturated heterocycles. The molecule has 4 atom stereocenters. The van der Waals surface area contributed by atoms with Gasteiger partial charge >= 0.3 is 5.97 Å². The van der Waals surface area contributed by atoms with Crippen molar-refractivity contribution in [1.82, 2.24) is 0 Å². The highest BCUT2D eigenvalue weighted by molar-refractivity contribution is 5.76. The molecule has 0 aliphatic heterocycles. The van der Waals surface area contributed by atoms with E-state index in [4.69, 9.17) is 11.6 Å². The summed E-state index contributed by atoms with van der Waals surface area (Å²) in [5.74, 6) is -0.957. The van der Waals surface area contributed by atoms with E-state index in [2.05, 4.69) is 4.74 Å². The Balaban J connectivity index is 4.50. The van der Waals surface area contributed by atoms with Crippen molar-refractivity contribution in [2.45, 2.75) is 24.4 Å². The SMILES string of the molecule is [2H]N[C@H](C(=O)OC)[C@@H](O)[C@H](O)[C@H](O)CO. The first-order valence-corrected chi connectivity index (χ1v) is 3.89. The third kappa shape index (κ3) is 3.20. The fourth-order valence-corrected chi connectivity index (χ4v) is 0.799. The van der Waals surface area contributed by atoms with Gasteiger partial charge in [-0.3, -0.25) is 4.79 Å². The second-order valence-electron chi connectivity index (χ2n) is 2.73. The maximum absolute atomic E-state index is 11.0. The highest BCUT2D eigenvalue weighted by atomic mass is 16.5. The van der Waals surface area contributed by atoms with Crippen molar-refractivity contribution >= 4 is 5.97 Å². The average Bonchev–Trinajstić information content (AvgIpc) is 2.27. The molecule has 0 aromatic heterocycles. The van der Waals surface area contributed by atoms with Crippen molar-refractivity contribution in [1.29, 1.82) is 0 Å². The van der Waals surface area contributed by atoms with Crippen LogP contribution in [0, 0.1) is 0 Å². The van der Waals surface area contributed by atoms with E-state index in [0.717, 1.165) is 7.11 Å². The predicted octanol–water partition coefficient (Wildman–Crippen LogP) is -3.44. The van der Waals surface area contributed by atoms with E-state index in [9.17, 15) is 15.0 Å². The highest BCUT2D eigenvalue weighted by Gasteiger charge is 2.33. The first-order chi connectivity index (χ1) is 6.99. The number of nitrogens with two attached hydrogens (primary N) is 1. The molecule has 0 rings (SSSR count). The Morgan fingerprint density at radius 1 is 1.50 bits per heavy atom. The van der Waals surface area contributed by atoms with E-state index < -0.39 is 36.9 Å². The molecule has 0 amide bonds. The van der Waals surface area contributed by atoms with Crippen molar-refractivity contribution in [2.24, 2.45) is 5.73 Å². The second-order valence-corrected chi connectivity index (χ2v) is 2.73.